The highest BCUT2D eigenvalue weighted by Crippen LogP contribution is 2.46. The van der Waals surface area contributed by atoms with Crippen LogP contribution < -0.4 is 21.0 Å². The zero-order valence-corrected chi connectivity index (χ0v) is 48.3. The van der Waals surface area contributed by atoms with Crippen molar-refractivity contribution in [2.75, 3.05) is 97.2 Å². The smallest absolute Gasteiger partial charge is 0.406 e. The molecule has 1 spiro atoms. The predicted molar refractivity (Wildman–Crippen MR) is 303 cm³/mol. The molecule has 7 fully saturated rings. The van der Waals surface area contributed by atoms with Crippen molar-refractivity contribution in [3.63, 3.8) is 0 Å². The normalized spacial score (nSPS) is 29.5. The molecule has 7 aliphatic heterocycles. The number of nitrogens with zero attached hydrogens (tertiary/aromatic N) is 8. The molecule has 17 nitrogen and oxygen atoms in total. The van der Waals surface area contributed by atoms with Crippen molar-refractivity contribution in [3.05, 3.63) is 53.4 Å². The highest BCUT2D eigenvalue weighted by molar-refractivity contribution is 5.95. The van der Waals surface area contributed by atoms with Crippen LogP contribution in [0.25, 0.3) is 27.7 Å². The number of aromatic nitrogens is 2. The predicted octanol–water partition coefficient (Wildman–Crippen LogP) is 6.15. The molecule has 20 heteroatoms. The Labute approximate surface area is 474 Å². The number of alkyl halides is 3. The van der Waals surface area contributed by atoms with Crippen molar-refractivity contribution in [1.82, 2.24) is 50.2 Å². The molecule has 2 saturated carbocycles. The first kappa shape index (κ1) is 56.4. The lowest BCUT2D eigenvalue weighted by Gasteiger charge is -2.38. The number of hydrogen-bond donors (Lipinski definition) is 3. The van der Waals surface area contributed by atoms with E-state index in [1.165, 1.54) is 35.3 Å². The van der Waals surface area contributed by atoms with Gasteiger partial charge in [0, 0.05) is 118 Å². The van der Waals surface area contributed by atoms with E-state index in [-0.39, 0.29) is 54.7 Å². The van der Waals surface area contributed by atoms with Crippen molar-refractivity contribution in [1.29, 1.82) is 0 Å². The lowest BCUT2D eigenvalue weighted by atomic mass is 9.84. The van der Waals surface area contributed by atoms with Gasteiger partial charge in [0.05, 0.1) is 42.0 Å². The number of pyridine rings is 1. The molecule has 440 valence electrons. The van der Waals surface area contributed by atoms with E-state index in [4.69, 9.17) is 14.5 Å². The molecule has 12 rings (SSSR count). The number of fused-ring (bicyclic) bond motifs is 6. The molecule has 0 radical (unpaired) electrons. The lowest BCUT2D eigenvalue weighted by Crippen LogP contribution is -2.63. The molecule has 5 saturated heterocycles. The number of benzene rings is 1. The van der Waals surface area contributed by atoms with Crippen molar-refractivity contribution in [3.8, 4) is 11.3 Å². The number of nitrogens with one attached hydrogen (secondary N) is 3. The fourth-order valence-corrected chi connectivity index (χ4v) is 14.6. The molecule has 2 aliphatic carbocycles. The summed E-state index contributed by atoms with van der Waals surface area (Å²) in [6, 6.07) is 6.27. The van der Waals surface area contributed by atoms with Gasteiger partial charge in [-0.2, -0.15) is 13.2 Å². The summed E-state index contributed by atoms with van der Waals surface area (Å²) >= 11 is 0. The zero-order valence-electron chi connectivity index (χ0n) is 48.3. The number of halogens is 3. The molecule has 3 N–H and O–H groups in total. The van der Waals surface area contributed by atoms with Crippen molar-refractivity contribution < 1.29 is 41.8 Å². The number of ether oxygens (including phenoxy) is 2. The number of hydrogen-bond acceptors (Lipinski definition) is 13. The Morgan fingerprint density at radius 3 is 2.46 bits per heavy atom. The number of rotatable bonds is 12. The van der Waals surface area contributed by atoms with Crippen LogP contribution in [0.15, 0.2) is 36.5 Å². The van der Waals surface area contributed by atoms with E-state index in [1.807, 2.05) is 63.9 Å². The van der Waals surface area contributed by atoms with Crippen LogP contribution in [0.5, 0.6) is 0 Å². The van der Waals surface area contributed by atoms with Gasteiger partial charge in [0.1, 0.15) is 24.7 Å². The molecule has 1 aromatic carbocycles. The molecule has 9 aliphatic rings. The van der Waals surface area contributed by atoms with Crippen LogP contribution in [0.4, 0.5) is 18.9 Å². The topological polar surface area (TPSA) is 170 Å². The van der Waals surface area contributed by atoms with E-state index in [2.05, 4.69) is 41.7 Å². The molecule has 9 heterocycles. The summed E-state index contributed by atoms with van der Waals surface area (Å²) in [5.74, 6) is -0.349. The first-order valence-corrected chi connectivity index (χ1v) is 30.2. The fraction of sp³-hybridized carbons (Fsp3) is 0.689. The third-order valence-electron chi connectivity index (χ3n) is 19.3. The van der Waals surface area contributed by atoms with Crippen LogP contribution in [0.2, 0.25) is 0 Å². The van der Waals surface area contributed by atoms with E-state index in [0.29, 0.717) is 110 Å². The Morgan fingerprint density at radius 1 is 0.951 bits per heavy atom. The molecular formula is C61H84F3N11O6. The fourth-order valence-electron chi connectivity index (χ4n) is 14.6. The van der Waals surface area contributed by atoms with Crippen LogP contribution in [0.1, 0.15) is 115 Å². The number of piperazine rings is 1. The largest absolute Gasteiger partial charge is 0.464 e. The molecule has 3 unspecified atom stereocenters. The standard InChI is InChI=1S/C61H84F3N11O6/c1-37(2)53(72-21-17-60(33-72)18-22-73(34-60)57(78)52-51(67-52)39-11-12-39)55(76)66-48-32-69-19-7-9-41(31-69)40-13-16-49-44(27-40)46(29-59(4,5)36-81-58(79)47-10-8-20-75(68-47)56(48)77)54(74(49)35-61(62,63)64)45-28-43(30-65-50(45)38(3)80-6)71-25-23-70(24-26-71)42-14-15-42/h9,13,16,27-28,30,37-39,42,47-48,51-53,67-68H,7-8,10-12,14-15,17-26,29,31-36H2,1-6H3,(H,66,76)/t38-,47-,48-,51?,52+,53?,60-/m0/s1. The molecule has 8 atom stereocenters. The highest BCUT2D eigenvalue weighted by atomic mass is 19.4. The van der Waals surface area contributed by atoms with Gasteiger partial charge < -0.3 is 29.2 Å². The quantitative estimate of drug-likeness (QED) is 0.140. The van der Waals surface area contributed by atoms with Gasteiger partial charge in [0.2, 0.25) is 11.8 Å². The Morgan fingerprint density at radius 2 is 1.73 bits per heavy atom. The van der Waals surface area contributed by atoms with Crippen molar-refractivity contribution >= 4 is 45.9 Å². The SMILES string of the molecule is CO[C@@H](C)c1ncc(N2CCN(C3CC3)CC2)cc1-c1c2c3cc(ccc3n1CC(F)(F)F)C1=CCCN(C1)C[C@H](NC(=O)C(C(C)C)N1CC[C@]3(CCN(C(=O)[C@@H]4NC4C4CC4)C3)C1)C(=O)N1CCC[C@H](N1)C(=O)OCC(C)(C)C2. The summed E-state index contributed by atoms with van der Waals surface area (Å²) in [6.45, 7) is 16.3. The summed E-state index contributed by atoms with van der Waals surface area (Å²) in [6.07, 6.45) is 7.32. The minimum Gasteiger partial charge on any atom is -0.464 e. The van der Waals surface area contributed by atoms with Crippen LogP contribution in [0.3, 0.4) is 0 Å². The minimum absolute atomic E-state index is 0.0476. The zero-order chi connectivity index (χ0) is 56.7. The van der Waals surface area contributed by atoms with Gasteiger partial charge in [-0.05, 0) is 124 Å². The Hall–Kier alpha value is -5.12. The van der Waals surface area contributed by atoms with E-state index >= 15 is 18.0 Å². The molecule has 3 aromatic rings. The van der Waals surface area contributed by atoms with E-state index in [1.54, 1.807) is 13.2 Å². The second kappa shape index (κ2) is 22.1. The van der Waals surface area contributed by atoms with Crippen LogP contribution in [0, 0.1) is 22.7 Å². The van der Waals surface area contributed by atoms with Crippen LogP contribution in [-0.4, -0.2) is 193 Å². The van der Waals surface area contributed by atoms with Gasteiger partial charge in [-0.1, -0.05) is 39.8 Å². The van der Waals surface area contributed by atoms with E-state index in [9.17, 15) is 14.4 Å². The maximum Gasteiger partial charge on any atom is 0.406 e. The van der Waals surface area contributed by atoms with Gasteiger partial charge in [-0.15, -0.1) is 0 Å². The molecular weight excluding hydrogens is 1040 g/mol. The Balaban J connectivity index is 0.868. The monoisotopic (exact) mass is 1120 g/mol. The van der Waals surface area contributed by atoms with E-state index < -0.39 is 48.3 Å². The number of likely N-dealkylation sites (tertiary alicyclic amines) is 2. The number of esters is 1. The maximum absolute atomic E-state index is 15.2. The average Bonchev–Trinajstić information content (AvgIpc) is 4.34. The average molecular weight is 1120 g/mol. The number of cyclic esters (lactones) is 1. The second-order valence-electron chi connectivity index (χ2n) is 26.5. The number of amides is 3. The number of anilines is 1. The summed E-state index contributed by atoms with van der Waals surface area (Å²) in [5, 5.41) is 8.85. The summed E-state index contributed by atoms with van der Waals surface area (Å²) < 4.78 is 59.2. The number of carbonyl (C=O) groups is 4. The van der Waals surface area contributed by atoms with Crippen LogP contribution in [-0.2, 0) is 41.6 Å². The molecule has 3 amide bonds. The molecule has 2 aromatic heterocycles. The summed E-state index contributed by atoms with van der Waals surface area (Å²) in [4.78, 5) is 74.1. The van der Waals surface area contributed by atoms with Crippen LogP contribution >= 0.6 is 0 Å². The Kier molecular flexibility index (Phi) is 15.4. The first-order valence-electron chi connectivity index (χ1n) is 30.2. The molecule has 6 bridgehead atoms. The number of carbonyl (C=O) groups excluding carboxylic acids is 4. The van der Waals surface area contributed by atoms with Gasteiger partial charge in [-0.3, -0.25) is 49.2 Å². The lowest BCUT2D eigenvalue weighted by molar-refractivity contribution is -0.155. The third-order valence-corrected chi connectivity index (χ3v) is 19.3. The second-order valence-corrected chi connectivity index (χ2v) is 26.5. The summed E-state index contributed by atoms with van der Waals surface area (Å²) in [7, 11) is 1.58. The summed E-state index contributed by atoms with van der Waals surface area (Å²) in [5.41, 5.74) is 7.62. The first-order chi connectivity index (χ1) is 38.7. The van der Waals surface area contributed by atoms with E-state index in [0.717, 1.165) is 62.4 Å². The van der Waals surface area contributed by atoms with Gasteiger partial charge in [0.15, 0.2) is 0 Å². The number of methoxy groups -OCH3 is 1. The third kappa shape index (κ3) is 11.9. The van der Waals surface area contributed by atoms with Gasteiger partial charge >= 0.3 is 12.1 Å². The number of hydrazine groups is 1. The van der Waals surface area contributed by atoms with Crippen molar-refractivity contribution in [2.24, 2.45) is 22.7 Å². The van der Waals surface area contributed by atoms with Gasteiger partial charge in [0.25, 0.3) is 5.91 Å². The van der Waals surface area contributed by atoms with Gasteiger partial charge in [-0.25, -0.2) is 5.43 Å². The highest BCUT2D eigenvalue weighted by Gasteiger charge is 2.55. The minimum atomic E-state index is -4.58. The maximum atomic E-state index is 15.2. The molecule has 81 heavy (non-hydrogen) atoms. The Bertz CT molecular complexity index is 2930. The van der Waals surface area contributed by atoms with Crippen molar-refractivity contribution in [2.45, 2.75) is 154 Å².